The fourth-order valence-electron chi connectivity index (χ4n) is 3.13. The molecule has 0 fully saturated rings. The lowest BCUT2D eigenvalue weighted by Gasteiger charge is -2.17. The van der Waals surface area contributed by atoms with Gasteiger partial charge in [-0.2, -0.15) is 5.10 Å². The van der Waals surface area contributed by atoms with Crippen LogP contribution in [0.3, 0.4) is 0 Å². The van der Waals surface area contributed by atoms with E-state index in [0.29, 0.717) is 21.6 Å². The Kier molecular flexibility index (Phi) is 4.88. The van der Waals surface area contributed by atoms with E-state index >= 15 is 0 Å². The van der Waals surface area contributed by atoms with Crippen molar-refractivity contribution in [3.05, 3.63) is 69.5 Å². The van der Waals surface area contributed by atoms with E-state index in [9.17, 15) is 9.18 Å². The van der Waals surface area contributed by atoms with Crippen LogP contribution >= 0.6 is 35.0 Å². The summed E-state index contributed by atoms with van der Waals surface area (Å²) in [6, 6.07) is 11.5. The second-order valence-electron chi connectivity index (χ2n) is 6.15. The van der Waals surface area contributed by atoms with Crippen LogP contribution in [0.15, 0.2) is 42.5 Å². The van der Waals surface area contributed by atoms with Crippen LogP contribution in [0.2, 0.25) is 10.0 Å². The Morgan fingerprint density at radius 3 is 2.67 bits per heavy atom. The second kappa shape index (κ2) is 7.19. The third-order valence-electron chi connectivity index (χ3n) is 4.35. The number of carbonyl (C=O) groups is 1. The molecule has 0 radical (unpaired) electrons. The Morgan fingerprint density at radius 1 is 1.22 bits per heavy atom. The van der Waals surface area contributed by atoms with E-state index in [1.165, 1.54) is 23.9 Å². The molecule has 4 nitrogen and oxygen atoms in total. The molecule has 4 rings (SSSR count). The molecule has 1 aliphatic rings. The van der Waals surface area contributed by atoms with E-state index in [2.05, 4.69) is 10.4 Å². The normalized spacial score (nSPS) is 16.6. The number of nitrogens with zero attached hydrogens (tertiary/aromatic N) is 2. The quantitative estimate of drug-likeness (QED) is 0.609. The third kappa shape index (κ3) is 3.45. The van der Waals surface area contributed by atoms with E-state index in [-0.39, 0.29) is 22.7 Å². The van der Waals surface area contributed by atoms with Gasteiger partial charge in [-0.05, 0) is 42.0 Å². The first-order valence-electron chi connectivity index (χ1n) is 8.13. The molecular formula is C19H14Cl2FN3OS. The first-order chi connectivity index (χ1) is 12.9. The minimum Gasteiger partial charge on any atom is -0.310 e. The molecule has 27 heavy (non-hydrogen) atoms. The summed E-state index contributed by atoms with van der Waals surface area (Å²) in [6.07, 6.45) is 0. The number of thioether (sulfide) groups is 1. The lowest BCUT2D eigenvalue weighted by Crippen LogP contribution is -2.15. The summed E-state index contributed by atoms with van der Waals surface area (Å²) >= 11 is 14.0. The molecule has 2 aromatic carbocycles. The SMILES string of the molecule is Cn1nc(-c2ccc(F)cc2)c2c1NC(=O)CSC2c1ccc(Cl)cc1Cl. The summed E-state index contributed by atoms with van der Waals surface area (Å²) in [7, 11) is 1.77. The van der Waals surface area contributed by atoms with Gasteiger partial charge in [-0.25, -0.2) is 4.39 Å². The zero-order valence-electron chi connectivity index (χ0n) is 14.2. The van der Waals surface area contributed by atoms with Gasteiger partial charge in [-0.15, -0.1) is 11.8 Å². The van der Waals surface area contributed by atoms with Gasteiger partial charge < -0.3 is 5.32 Å². The molecule has 0 saturated heterocycles. The van der Waals surface area contributed by atoms with Crippen molar-refractivity contribution in [2.75, 3.05) is 11.1 Å². The van der Waals surface area contributed by atoms with Crippen LogP contribution in [0.1, 0.15) is 16.4 Å². The standard InChI is InChI=1S/C19H14Cl2FN3OS/c1-25-19-16(17(24-25)10-2-5-12(22)6-3-10)18(27-9-15(26)23-19)13-7-4-11(20)8-14(13)21/h2-8,18H,9H2,1H3,(H,23,26). The molecule has 1 atom stereocenters. The van der Waals surface area contributed by atoms with Crippen molar-refractivity contribution in [2.45, 2.75) is 5.25 Å². The van der Waals surface area contributed by atoms with Crippen molar-refractivity contribution < 1.29 is 9.18 Å². The Labute approximate surface area is 169 Å². The van der Waals surface area contributed by atoms with Gasteiger partial charge in [0.05, 0.1) is 16.7 Å². The summed E-state index contributed by atoms with van der Waals surface area (Å²) < 4.78 is 15.0. The first-order valence-corrected chi connectivity index (χ1v) is 9.93. The summed E-state index contributed by atoms with van der Waals surface area (Å²) in [4.78, 5) is 12.2. The van der Waals surface area contributed by atoms with E-state index in [1.54, 1.807) is 36.0 Å². The summed E-state index contributed by atoms with van der Waals surface area (Å²) in [5.41, 5.74) is 3.13. The zero-order chi connectivity index (χ0) is 19.1. The number of fused-ring (bicyclic) bond motifs is 1. The van der Waals surface area contributed by atoms with Crippen LogP contribution < -0.4 is 5.32 Å². The Morgan fingerprint density at radius 2 is 1.96 bits per heavy atom. The van der Waals surface area contributed by atoms with Crippen LogP contribution in [0, 0.1) is 5.82 Å². The molecule has 1 aliphatic heterocycles. The average molecular weight is 422 g/mol. The molecule has 1 N–H and O–H groups in total. The Bertz CT molecular complexity index is 1040. The van der Waals surface area contributed by atoms with Gasteiger partial charge in [0.25, 0.3) is 0 Å². The van der Waals surface area contributed by atoms with E-state index < -0.39 is 0 Å². The number of halogens is 3. The van der Waals surface area contributed by atoms with Gasteiger partial charge in [0.15, 0.2) is 0 Å². The van der Waals surface area contributed by atoms with E-state index in [4.69, 9.17) is 23.2 Å². The maximum absolute atomic E-state index is 13.4. The van der Waals surface area contributed by atoms with Crippen LogP contribution in [-0.4, -0.2) is 21.4 Å². The molecule has 138 valence electrons. The molecule has 1 aromatic heterocycles. The third-order valence-corrected chi connectivity index (χ3v) is 6.16. The van der Waals surface area contributed by atoms with Gasteiger partial charge in [0.2, 0.25) is 5.91 Å². The highest BCUT2D eigenvalue weighted by molar-refractivity contribution is 8.00. The van der Waals surface area contributed by atoms with Crippen molar-refractivity contribution in [3.8, 4) is 11.3 Å². The minimum atomic E-state index is -0.319. The number of anilines is 1. The summed E-state index contributed by atoms with van der Waals surface area (Å²) in [5, 5.41) is 8.35. The number of aromatic nitrogens is 2. The van der Waals surface area contributed by atoms with Gasteiger partial charge in [-0.3, -0.25) is 9.48 Å². The topological polar surface area (TPSA) is 46.9 Å². The van der Waals surface area contributed by atoms with Crippen LogP contribution in [0.25, 0.3) is 11.3 Å². The Hall–Kier alpha value is -2.02. The zero-order valence-corrected chi connectivity index (χ0v) is 16.5. The summed E-state index contributed by atoms with van der Waals surface area (Å²) in [6.45, 7) is 0. The van der Waals surface area contributed by atoms with Crippen LogP contribution in [0.4, 0.5) is 10.2 Å². The molecule has 0 saturated carbocycles. The molecule has 0 spiro atoms. The van der Waals surface area contributed by atoms with Crippen molar-refractivity contribution in [1.82, 2.24) is 9.78 Å². The van der Waals surface area contributed by atoms with Crippen molar-refractivity contribution in [3.63, 3.8) is 0 Å². The number of hydrogen-bond donors (Lipinski definition) is 1. The number of carbonyl (C=O) groups excluding carboxylic acids is 1. The maximum atomic E-state index is 13.4. The van der Waals surface area contributed by atoms with Crippen molar-refractivity contribution >= 4 is 46.7 Å². The maximum Gasteiger partial charge on any atom is 0.235 e. The molecule has 1 unspecified atom stereocenters. The van der Waals surface area contributed by atoms with E-state index in [1.807, 2.05) is 6.07 Å². The predicted molar refractivity (Wildman–Crippen MR) is 108 cm³/mol. The summed E-state index contributed by atoms with van der Waals surface area (Å²) in [5.74, 6) is 0.463. The van der Waals surface area contributed by atoms with Gasteiger partial charge in [0, 0.05) is 28.2 Å². The monoisotopic (exact) mass is 421 g/mol. The number of hydrogen-bond acceptors (Lipinski definition) is 3. The van der Waals surface area contributed by atoms with Gasteiger partial charge in [-0.1, -0.05) is 29.3 Å². The van der Waals surface area contributed by atoms with Crippen LogP contribution in [0.5, 0.6) is 0 Å². The molecule has 0 aliphatic carbocycles. The van der Waals surface area contributed by atoms with Crippen LogP contribution in [-0.2, 0) is 11.8 Å². The Balaban J connectivity index is 1.94. The van der Waals surface area contributed by atoms with Crippen molar-refractivity contribution in [1.29, 1.82) is 0 Å². The molecule has 3 aromatic rings. The highest BCUT2D eigenvalue weighted by Gasteiger charge is 2.32. The molecule has 2 heterocycles. The van der Waals surface area contributed by atoms with Gasteiger partial charge in [0.1, 0.15) is 11.6 Å². The molecular weight excluding hydrogens is 408 g/mol. The first kappa shape index (κ1) is 18.3. The largest absolute Gasteiger partial charge is 0.310 e. The highest BCUT2D eigenvalue weighted by Crippen LogP contribution is 2.47. The fraction of sp³-hybridized carbons (Fsp3) is 0.158. The smallest absolute Gasteiger partial charge is 0.235 e. The number of rotatable bonds is 2. The predicted octanol–water partition coefficient (Wildman–Crippen LogP) is 5.31. The minimum absolute atomic E-state index is 0.109. The fourth-order valence-corrected chi connectivity index (χ4v) is 4.88. The average Bonchev–Trinajstić information content (AvgIpc) is 2.83. The van der Waals surface area contributed by atoms with Gasteiger partial charge >= 0.3 is 0 Å². The van der Waals surface area contributed by atoms with Crippen molar-refractivity contribution in [2.24, 2.45) is 7.05 Å². The molecule has 8 heteroatoms. The number of nitrogens with one attached hydrogen (secondary N) is 1. The lowest BCUT2D eigenvalue weighted by molar-refractivity contribution is -0.113. The molecule has 1 amide bonds. The lowest BCUT2D eigenvalue weighted by atomic mass is 10.00. The number of benzene rings is 2. The second-order valence-corrected chi connectivity index (χ2v) is 8.08. The highest BCUT2D eigenvalue weighted by atomic mass is 35.5. The molecule has 0 bridgehead atoms. The van der Waals surface area contributed by atoms with E-state index in [0.717, 1.165) is 16.7 Å². The number of aryl methyl sites for hydroxylation is 1. The number of amides is 1.